The predicted molar refractivity (Wildman–Crippen MR) is 121 cm³/mol. The van der Waals surface area contributed by atoms with Gasteiger partial charge in [-0.25, -0.2) is 0 Å². The molecule has 0 aromatic heterocycles. The van der Waals surface area contributed by atoms with Gasteiger partial charge in [-0.3, -0.25) is 14.5 Å². The number of allylic oxidation sites excluding steroid dienone is 7. The van der Waals surface area contributed by atoms with Crippen LogP contribution in [-0.2, 0) is 9.59 Å². The highest BCUT2D eigenvalue weighted by molar-refractivity contribution is 5.97. The van der Waals surface area contributed by atoms with Crippen LogP contribution in [0.2, 0.25) is 0 Å². The second-order valence-electron chi connectivity index (χ2n) is 7.77. The second kappa shape index (κ2) is 12.9. The van der Waals surface area contributed by atoms with Gasteiger partial charge in [0.1, 0.15) is 6.29 Å². The highest BCUT2D eigenvalue weighted by atomic mass is 16.1. The van der Waals surface area contributed by atoms with Crippen LogP contribution in [0.4, 0.5) is 0 Å². The molecule has 0 radical (unpaired) electrons. The molecule has 0 aromatic carbocycles. The third-order valence-corrected chi connectivity index (χ3v) is 5.29. The molecule has 29 heavy (non-hydrogen) atoms. The maximum Gasteiger partial charge on any atom is 0.252 e. The van der Waals surface area contributed by atoms with Crippen molar-refractivity contribution in [1.82, 2.24) is 10.2 Å². The third-order valence-electron chi connectivity index (χ3n) is 5.29. The minimum Gasteiger partial charge on any atom is -0.405 e. The molecule has 1 fully saturated rings. The second-order valence-corrected chi connectivity index (χ2v) is 7.77. The largest absolute Gasteiger partial charge is 0.405 e. The van der Waals surface area contributed by atoms with E-state index < -0.39 is 0 Å². The first-order valence-electron chi connectivity index (χ1n) is 10.4. The molecule has 2 atom stereocenters. The summed E-state index contributed by atoms with van der Waals surface area (Å²) in [6.45, 7) is 13.9. The molecule has 1 saturated heterocycles. The van der Waals surface area contributed by atoms with Crippen LogP contribution in [0.25, 0.3) is 0 Å². The van der Waals surface area contributed by atoms with Crippen LogP contribution in [0.3, 0.4) is 0 Å². The van der Waals surface area contributed by atoms with Crippen molar-refractivity contribution in [3.63, 3.8) is 0 Å². The predicted octanol–water partition coefficient (Wildman–Crippen LogP) is 4.01. The fraction of sp³-hybridized carbons (Fsp3) is 0.500. The zero-order valence-electron chi connectivity index (χ0n) is 18.4. The van der Waals surface area contributed by atoms with E-state index in [-0.39, 0.29) is 11.9 Å². The van der Waals surface area contributed by atoms with Gasteiger partial charge in [-0.05, 0) is 83.8 Å². The van der Waals surface area contributed by atoms with Gasteiger partial charge in [0.2, 0.25) is 0 Å². The molecule has 0 spiro atoms. The third kappa shape index (κ3) is 8.65. The minimum atomic E-state index is -0.180. The van der Waals surface area contributed by atoms with Crippen molar-refractivity contribution in [3.8, 4) is 0 Å². The van der Waals surface area contributed by atoms with Crippen molar-refractivity contribution in [2.75, 3.05) is 13.1 Å². The Morgan fingerprint density at radius 1 is 1.28 bits per heavy atom. The number of carbonyl (C=O) groups excluding carboxylic acids is 2. The summed E-state index contributed by atoms with van der Waals surface area (Å²) in [6, 6.07) is -0.0484. The van der Waals surface area contributed by atoms with E-state index in [1.165, 1.54) is 6.20 Å². The lowest BCUT2D eigenvalue weighted by Crippen LogP contribution is -2.38. The summed E-state index contributed by atoms with van der Waals surface area (Å²) >= 11 is 0. The molecule has 1 unspecified atom stereocenters. The first kappa shape index (κ1) is 24.6. The lowest BCUT2D eigenvalue weighted by atomic mass is 10.0. The fourth-order valence-electron chi connectivity index (χ4n) is 3.50. The molecule has 5 heteroatoms. The van der Waals surface area contributed by atoms with E-state index >= 15 is 0 Å². The van der Waals surface area contributed by atoms with Crippen LogP contribution < -0.4 is 11.1 Å². The van der Waals surface area contributed by atoms with Gasteiger partial charge >= 0.3 is 0 Å². The molecule has 1 rings (SSSR count). The Hall–Kier alpha value is -2.40. The molecule has 1 amide bonds. The highest BCUT2D eigenvalue weighted by Gasteiger charge is 2.25. The van der Waals surface area contributed by atoms with E-state index in [1.54, 1.807) is 19.1 Å². The zero-order chi connectivity index (χ0) is 21.8. The van der Waals surface area contributed by atoms with Crippen LogP contribution in [0, 0.1) is 5.92 Å². The minimum absolute atomic E-state index is 0.0484. The number of likely N-dealkylation sites (tertiary alicyclic amines) is 1. The lowest BCUT2D eigenvalue weighted by Gasteiger charge is -2.26. The topological polar surface area (TPSA) is 75.4 Å². The van der Waals surface area contributed by atoms with Gasteiger partial charge in [-0.15, -0.1) is 0 Å². The van der Waals surface area contributed by atoms with Crippen molar-refractivity contribution in [3.05, 3.63) is 59.5 Å². The molecular weight excluding hydrogens is 362 g/mol. The van der Waals surface area contributed by atoms with E-state index in [2.05, 4.69) is 29.8 Å². The lowest BCUT2D eigenvalue weighted by molar-refractivity contribution is -0.117. The quantitative estimate of drug-likeness (QED) is 0.313. The smallest absolute Gasteiger partial charge is 0.252 e. The van der Waals surface area contributed by atoms with Crippen LogP contribution in [0.15, 0.2) is 59.5 Å². The van der Waals surface area contributed by atoms with E-state index in [4.69, 9.17) is 5.73 Å². The number of hydrogen-bond acceptors (Lipinski definition) is 4. The molecule has 1 aliphatic heterocycles. The van der Waals surface area contributed by atoms with Gasteiger partial charge in [-0.2, -0.15) is 0 Å². The Labute approximate surface area is 176 Å². The average molecular weight is 400 g/mol. The first-order valence-corrected chi connectivity index (χ1v) is 10.4. The molecule has 1 aliphatic rings. The van der Waals surface area contributed by atoms with Gasteiger partial charge in [0.05, 0.1) is 0 Å². The number of nitrogens with zero attached hydrogens (tertiary/aromatic N) is 1. The summed E-state index contributed by atoms with van der Waals surface area (Å²) in [7, 11) is 0. The summed E-state index contributed by atoms with van der Waals surface area (Å²) in [5.41, 5.74) is 8.33. The molecule has 0 aromatic rings. The average Bonchev–Trinajstić information content (AvgIpc) is 3.21. The van der Waals surface area contributed by atoms with E-state index in [0.717, 1.165) is 44.2 Å². The van der Waals surface area contributed by atoms with Gasteiger partial charge in [0, 0.05) is 22.9 Å². The highest BCUT2D eigenvalue weighted by Crippen LogP contribution is 2.20. The Morgan fingerprint density at radius 2 is 1.93 bits per heavy atom. The number of nitrogens with one attached hydrogen (secondary N) is 1. The molecule has 0 bridgehead atoms. The van der Waals surface area contributed by atoms with Crippen molar-refractivity contribution < 1.29 is 9.59 Å². The summed E-state index contributed by atoms with van der Waals surface area (Å²) < 4.78 is 0. The summed E-state index contributed by atoms with van der Waals surface area (Å²) in [6.07, 6.45) is 13.6. The molecular formula is C24H37N3O2. The zero-order valence-corrected chi connectivity index (χ0v) is 18.4. The molecule has 0 aliphatic carbocycles. The van der Waals surface area contributed by atoms with Crippen LogP contribution >= 0.6 is 0 Å². The SMILES string of the molecule is C=C(CC[C@H](C)/C=C(C)\C=C/N)NC(=O)/C(=C/C(C=O)=C\C)C(C)N1CCCC1. The first-order chi connectivity index (χ1) is 13.8. The van der Waals surface area contributed by atoms with Crippen molar-refractivity contribution in [2.24, 2.45) is 11.7 Å². The van der Waals surface area contributed by atoms with E-state index in [0.29, 0.717) is 29.2 Å². The Balaban J connectivity index is 2.79. The normalized spacial score (nSPS) is 18.7. The number of aldehydes is 1. The van der Waals surface area contributed by atoms with Gasteiger partial charge in [-0.1, -0.05) is 31.2 Å². The monoisotopic (exact) mass is 399 g/mol. The Morgan fingerprint density at radius 3 is 2.48 bits per heavy atom. The maximum absolute atomic E-state index is 13.0. The van der Waals surface area contributed by atoms with E-state index in [1.807, 2.05) is 19.9 Å². The van der Waals surface area contributed by atoms with Gasteiger partial charge in [0.25, 0.3) is 5.91 Å². The molecule has 5 nitrogen and oxygen atoms in total. The molecule has 160 valence electrons. The number of hydrogen-bond donors (Lipinski definition) is 2. The number of rotatable bonds is 11. The number of carbonyl (C=O) groups is 2. The van der Waals surface area contributed by atoms with Crippen LogP contribution in [0.1, 0.15) is 53.4 Å². The van der Waals surface area contributed by atoms with Crippen molar-refractivity contribution in [2.45, 2.75) is 59.4 Å². The summed E-state index contributed by atoms with van der Waals surface area (Å²) in [5.74, 6) is 0.170. The van der Waals surface area contributed by atoms with Gasteiger partial charge < -0.3 is 11.1 Å². The molecule has 3 N–H and O–H groups in total. The molecule has 1 heterocycles. The number of nitrogens with two attached hydrogens (primary N) is 1. The standard InChI is InChI=1S/C24H37N3O2/c1-6-22(17-28)16-23(21(5)27-13-7-8-14-27)24(29)26-20(4)10-9-18(2)15-19(3)11-12-25/h6,11-12,15-18,21H,4,7-10,13-14,25H2,1-3,5H3,(H,26,29)/b12-11-,19-15-,22-6+,23-16+/t18-,21?/m0/s1. The number of amides is 1. The Bertz CT molecular complexity index is 695. The summed E-state index contributed by atoms with van der Waals surface area (Å²) in [5, 5.41) is 2.95. The maximum atomic E-state index is 13.0. The fourth-order valence-corrected chi connectivity index (χ4v) is 3.50. The van der Waals surface area contributed by atoms with Crippen molar-refractivity contribution in [1.29, 1.82) is 0 Å². The molecule has 0 saturated carbocycles. The Kier molecular flexibility index (Phi) is 11.0. The van der Waals surface area contributed by atoms with Gasteiger partial charge in [0.15, 0.2) is 0 Å². The summed E-state index contributed by atoms with van der Waals surface area (Å²) in [4.78, 5) is 26.5. The van der Waals surface area contributed by atoms with E-state index in [9.17, 15) is 9.59 Å². The van der Waals surface area contributed by atoms with Crippen molar-refractivity contribution >= 4 is 12.2 Å². The van der Waals surface area contributed by atoms with Crippen LogP contribution in [0.5, 0.6) is 0 Å². The van der Waals surface area contributed by atoms with Crippen LogP contribution in [-0.4, -0.2) is 36.2 Å².